The summed E-state index contributed by atoms with van der Waals surface area (Å²) in [6, 6.07) is 20.3. The minimum atomic E-state index is -0.395. The second-order valence-corrected chi connectivity index (χ2v) is 6.23. The molecule has 3 rings (SSSR count). The van der Waals surface area contributed by atoms with Gasteiger partial charge in [-0.05, 0) is 36.4 Å². The van der Waals surface area contributed by atoms with Crippen molar-refractivity contribution in [2.45, 2.75) is 0 Å². The Kier molecular flexibility index (Phi) is 5.56. The van der Waals surface area contributed by atoms with Crippen LogP contribution >= 0.6 is 23.2 Å². The molecule has 3 aromatic rings. The number of benzene rings is 3. The molecule has 2 amide bonds. The fourth-order valence-electron chi connectivity index (χ4n) is 2.38. The highest BCUT2D eigenvalue weighted by molar-refractivity contribution is 6.35. The second kappa shape index (κ2) is 8.04. The lowest BCUT2D eigenvalue weighted by Gasteiger charge is -2.12. The molecule has 0 fully saturated rings. The van der Waals surface area contributed by atoms with Crippen molar-refractivity contribution in [3.05, 3.63) is 94.0 Å². The van der Waals surface area contributed by atoms with Crippen molar-refractivity contribution in [2.75, 3.05) is 10.6 Å². The Morgan fingerprint density at radius 1 is 0.577 bits per heavy atom. The molecule has 0 radical (unpaired) electrons. The third-order valence-corrected chi connectivity index (χ3v) is 4.32. The van der Waals surface area contributed by atoms with Crippen LogP contribution in [0.3, 0.4) is 0 Å². The molecule has 0 aliphatic carbocycles. The molecule has 0 heterocycles. The van der Waals surface area contributed by atoms with Crippen molar-refractivity contribution < 1.29 is 9.59 Å². The van der Waals surface area contributed by atoms with Crippen LogP contribution in [0.4, 0.5) is 11.4 Å². The monoisotopic (exact) mass is 384 g/mol. The van der Waals surface area contributed by atoms with Gasteiger partial charge in [-0.3, -0.25) is 9.59 Å². The van der Waals surface area contributed by atoms with Crippen molar-refractivity contribution >= 4 is 46.4 Å². The number of carbonyl (C=O) groups is 2. The van der Waals surface area contributed by atoms with E-state index in [4.69, 9.17) is 23.2 Å². The van der Waals surface area contributed by atoms with Gasteiger partial charge in [-0.1, -0.05) is 59.6 Å². The zero-order chi connectivity index (χ0) is 18.5. The van der Waals surface area contributed by atoms with E-state index in [1.54, 1.807) is 72.8 Å². The van der Waals surface area contributed by atoms with Crippen molar-refractivity contribution in [3.8, 4) is 0 Å². The van der Waals surface area contributed by atoms with Crippen molar-refractivity contribution in [1.29, 1.82) is 0 Å². The van der Waals surface area contributed by atoms with E-state index in [1.807, 2.05) is 0 Å². The lowest BCUT2D eigenvalue weighted by Crippen LogP contribution is -2.18. The molecule has 0 aromatic heterocycles. The first-order valence-corrected chi connectivity index (χ1v) is 8.52. The van der Waals surface area contributed by atoms with Gasteiger partial charge in [0.05, 0.1) is 32.5 Å². The number of anilines is 2. The van der Waals surface area contributed by atoms with Crippen LogP contribution in [0, 0.1) is 0 Å². The van der Waals surface area contributed by atoms with Crippen LogP contribution in [0.5, 0.6) is 0 Å². The second-order valence-electron chi connectivity index (χ2n) is 5.41. The average molecular weight is 385 g/mol. The van der Waals surface area contributed by atoms with Crippen LogP contribution < -0.4 is 10.6 Å². The molecule has 0 unspecified atom stereocenters. The maximum Gasteiger partial charge on any atom is 0.257 e. The van der Waals surface area contributed by atoms with Crippen LogP contribution in [0.25, 0.3) is 0 Å². The summed E-state index contributed by atoms with van der Waals surface area (Å²) in [7, 11) is 0. The molecule has 2 N–H and O–H groups in total. The topological polar surface area (TPSA) is 58.2 Å². The maximum atomic E-state index is 12.6. The zero-order valence-corrected chi connectivity index (χ0v) is 15.0. The molecule has 4 nitrogen and oxygen atoms in total. The summed E-state index contributed by atoms with van der Waals surface area (Å²) in [4.78, 5) is 25.1. The molecule has 0 atom stereocenters. The number of para-hydroxylation sites is 2. The predicted molar refractivity (Wildman–Crippen MR) is 105 cm³/mol. The van der Waals surface area contributed by atoms with Crippen molar-refractivity contribution in [3.63, 3.8) is 0 Å². The van der Waals surface area contributed by atoms with E-state index in [0.29, 0.717) is 32.5 Å². The summed E-state index contributed by atoms with van der Waals surface area (Å²) < 4.78 is 0. The van der Waals surface area contributed by atoms with Gasteiger partial charge in [0, 0.05) is 0 Å². The van der Waals surface area contributed by atoms with E-state index >= 15 is 0 Å². The molecule has 3 aromatic carbocycles. The van der Waals surface area contributed by atoms with E-state index in [2.05, 4.69) is 10.6 Å². The highest BCUT2D eigenvalue weighted by Gasteiger charge is 2.16. The van der Waals surface area contributed by atoms with Gasteiger partial charge in [0.2, 0.25) is 0 Å². The van der Waals surface area contributed by atoms with E-state index in [-0.39, 0.29) is 5.91 Å². The van der Waals surface area contributed by atoms with Gasteiger partial charge >= 0.3 is 0 Å². The minimum Gasteiger partial charge on any atom is -0.321 e. The van der Waals surface area contributed by atoms with Gasteiger partial charge in [0.1, 0.15) is 0 Å². The van der Waals surface area contributed by atoms with Crippen LogP contribution in [0.1, 0.15) is 20.7 Å². The molecule has 0 bridgehead atoms. The van der Waals surface area contributed by atoms with Crippen LogP contribution in [0.2, 0.25) is 10.0 Å². The smallest absolute Gasteiger partial charge is 0.257 e. The highest BCUT2D eigenvalue weighted by Crippen LogP contribution is 2.24. The van der Waals surface area contributed by atoms with Gasteiger partial charge in [-0.15, -0.1) is 0 Å². The Hall–Kier alpha value is -2.82. The molecule has 6 heteroatoms. The fourth-order valence-corrected chi connectivity index (χ4v) is 2.78. The van der Waals surface area contributed by atoms with Crippen molar-refractivity contribution in [2.24, 2.45) is 0 Å². The van der Waals surface area contributed by atoms with Gasteiger partial charge < -0.3 is 10.6 Å². The summed E-state index contributed by atoms with van der Waals surface area (Å²) in [5, 5.41) is 6.24. The Morgan fingerprint density at radius 3 is 1.69 bits per heavy atom. The van der Waals surface area contributed by atoms with Crippen LogP contribution in [-0.2, 0) is 0 Å². The lowest BCUT2D eigenvalue weighted by molar-refractivity contribution is 0.102. The minimum absolute atomic E-state index is 0.313. The number of amides is 2. The molecule has 26 heavy (non-hydrogen) atoms. The standard InChI is InChI=1S/C20H14Cl2N2O2/c21-15-9-3-1-7-13(15)19(25)23-17-11-5-2-8-14(17)20(26)24-18-12-6-4-10-16(18)22/h1-12H,(H,23,25)(H,24,26). The van der Waals surface area contributed by atoms with E-state index in [1.165, 1.54) is 0 Å². The van der Waals surface area contributed by atoms with Gasteiger partial charge in [0.15, 0.2) is 0 Å². The molecular formula is C20H14Cl2N2O2. The normalized spacial score (nSPS) is 10.2. The van der Waals surface area contributed by atoms with E-state index in [0.717, 1.165) is 0 Å². The van der Waals surface area contributed by atoms with Crippen molar-refractivity contribution in [1.82, 2.24) is 0 Å². The summed E-state index contributed by atoms with van der Waals surface area (Å²) >= 11 is 12.1. The number of hydrogen-bond acceptors (Lipinski definition) is 2. The van der Waals surface area contributed by atoms with Gasteiger partial charge in [-0.2, -0.15) is 0 Å². The quantitative estimate of drug-likeness (QED) is 0.623. The Labute approximate surface area is 160 Å². The first-order chi connectivity index (χ1) is 12.6. The molecule has 0 aliphatic heterocycles. The summed E-state index contributed by atoms with van der Waals surface area (Å²) in [5.41, 5.74) is 1.51. The molecular weight excluding hydrogens is 371 g/mol. The Morgan fingerprint density at radius 2 is 1.04 bits per heavy atom. The van der Waals surface area contributed by atoms with E-state index < -0.39 is 5.91 Å². The van der Waals surface area contributed by atoms with Crippen LogP contribution in [0.15, 0.2) is 72.8 Å². The van der Waals surface area contributed by atoms with Crippen LogP contribution in [-0.4, -0.2) is 11.8 Å². The summed E-state index contributed by atoms with van der Waals surface area (Å²) in [6.45, 7) is 0. The molecule has 0 saturated carbocycles. The third kappa shape index (κ3) is 4.04. The number of hydrogen-bond donors (Lipinski definition) is 2. The van der Waals surface area contributed by atoms with Gasteiger partial charge in [-0.25, -0.2) is 0 Å². The molecule has 0 spiro atoms. The number of rotatable bonds is 4. The summed E-state index contributed by atoms with van der Waals surface area (Å²) in [6.07, 6.45) is 0. The zero-order valence-electron chi connectivity index (χ0n) is 13.5. The highest BCUT2D eigenvalue weighted by atomic mass is 35.5. The molecule has 0 saturated heterocycles. The molecule has 130 valence electrons. The average Bonchev–Trinajstić information content (AvgIpc) is 2.64. The van der Waals surface area contributed by atoms with Gasteiger partial charge in [0.25, 0.3) is 11.8 Å². The Bertz CT molecular complexity index is 973. The summed E-state index contributed by atoms with van der Waals surface area (Å²) in [5.74, 6) is -0.776. The molecule has 0 aliphatic rings. The predicted octanol–water partition coefficient (Wildman–Crippen LogP) is 5.50. The van der Waals surface area contributed by atoms with E-state index in [9.17, 15) is 9.59 Å². The largest absolute Gasteiger partial charge is 0.321 e. The number of carbonyl (C=O) groups excluding carboxylic acids is 2. The first kappa shape index (κ1) is 18.0. The lowest BCUT2D eigenvalue weighted by atomic mass is 10.1. The first-order valence-electron chi connectivity index (χ1n) is 7.77. The number of nitrogens with one attached hydrogen (secondary N) is 2. The fraction of sp³-hybridized carbons (Fsp3) is 0. The Balaban J connectivity index is 1.84. The third-order valence-electron chi connectivity index (χ3n) is 3.66. The SMILES string of the molecule is O=C(Nc1ccccc1C(=O)Nc1ccccc1Cl)c1ccccc1Cl. The number of halogens is 2. The maximum absolute atomic E-state index is 12.6.